The van der Waals surface area contributed by atoms with E-state index in [1.54, 1.807) is 0 Å². The minimum absolute atomic E-state index is 0.0505. The SMILES string of the molecule is CCN(CC)CCNC(=O)c1cc([N+](=O)[O-])cc(S(F)(F)(F)(F)F)c1. The average molecular weight is 391 g/mol. The molecule has 6 nitrogen and oxygen atoms in total. The van der Waals surface area contributed by atoms with Crippen molar-refractivity contribution in [3.05, 3.63) is 33.9 Å². The highest BCUT2D eigenvalue weighted by atomic mass is 32.5. The van der Waals surface area contributed by atoms with Gasteiger partial charge < -0.3 is 10.2 Å². The standard InChI is InChI=1S/C13H18F5N3O3S/c1-3-20(4-2)6-5-19-13(22)10-7-11(21(23)24)9-12(8-10)25(14,15,16,17)18/h7-9H,3-6H2,1-2H3,(H,19,22). The Morgan fingerprint density at radius 3 is 2.16 bits per heavy atom. The maximum Gasteiger partial charge on any atom is 0.310 e. The minimum atomic E-state index is -10.2. The van der Waals surface area contributed by atoms with Crippen LogP contribution in [0.25, 0.3) is 0 Å². The van der Waals surface area contributed by atoms with Crippen LogP contribution in [0.1, 0.15) is 24.2 Å². The number of nitro benzene ring substituents is 1. The van der Waals surface area contributed by atoms with Gasteiger partial charge in [-0.3, -0.25) is 14.9 Å². The zero-order chi connectivity index (χ0) is 19.5. The Morgan fingerprint density at radius 1 is 1.16 bits per heavy atom. The number of nitrogens with one attached hydrogen (secondary N) is 1. The van der Waals surface area contributed by atoms with Gasteiger partial charge in [-0.1, -0.05) is 33.3 Å². The Morgan fingerprint density at radius 2 is 1.72 bits per heavy atom. The lowest BCUT2D eigenvalue weighted by Gasteiger charge is -2.40. The van der Waals surface area contributed by atoms with Crippen LogP contribution in [-0.2, 0) is 0 Å². The molecule has 0 fully saturated rings. The van der Waals surface area contributed by atoms with Gasteiger partial charge in [-0.15, -0.1) is 0 Å². The minimum Gasteiger partial charge on any atom is -0.351 e. The highest BCUT2D eigenvalue weighted by molar-refractivity contribution is 8.45. The molecule has 1 aromatic rings. The van der Waals surface area contributed by atoms with Gasteiger partial charge >= 0.3 is 10.2 Å². The highest BCUT2D eigenvalue weighted by Crippen LogP contribution is 3.02. The van der Waals surface area contributed by atoms with E-state index in [4.69, 9.17) is 0 Å². The van der Waals surface area contributed by atoms with Crippen LogP contribution in [0.2, 0.25) is 0 Å². The van der Waals surface area contributed by atoms with Crippen LogP contribution in [-0.4, -0.2) is 41.9 Å². The second-order valence-corrected chi connectivity index (χ2v) is 7.63. The van der Waals surface area contributed by atoms with Gasteiger partial charge in [-0.05, 0) is 19.2 Å². The first-order valence-corrected chi connectivity index (χ1v) is 9.17. The van der Waals surface area contributed by atoms with Gasteiger partial charge in [0.2, 0.25) is 0 Å². The number of carbonyl (C=O) groups excluding carboxylic acids is 1. The molecule has 12 heteroatoms. The summed E-state index contributed by atoms with van der Waals surface area (Å²) in [4.78, 5) is 20.8. The van der Waals surface area contributed by atoms with Crippen LogP contribution >= 0.6 is 10.2 Å². The fourth-order valence-electron chi connectivity index (χ4n) is 2.01. The zero-order valence-electron chi connectivity index (χ0n) is 13.5. The Bertz CT molecular complexity index is 677. The Kier molecular flexibility index (Phi) is 5.41. The van der Waals surface area contributed by atoms with Crippen molar-refractivity contribution in [2.45, 2.75) is 18.7 Å². The number of nitro groups is 1. The lowest BCUT2D eigenvalue weighted by molar-refractivity contribution is -0.385. The van der Waals surface area contributed by atoms with Crippen molar-refractivity contribution in [3.8, 4) is 0 Å². The smallest absolute Gasteiger partial charge is 0.310 e. The molecule has 0 bridgehead atoms. The van der Waals surface area contributed by atoms with Gasteiger partial charge in [-0.25, -0.2) is 0 Å². The molecule has 1 amide bonds. The van der Waals surface area contributed by atoms with Crippen LogP contribution in [0, 0.1) is 10.1 Å². The van der Waals surface area contributed by atoms with E-state index in [1.807, 2.05) is 18.7 Å². The second-order valence-electron chi connectivity index (χ2n) is 5.22. The second kappa shape index (κ2) is 6.41. The zero-order valence-corrected chi connectivity index (χ0v) is 14.3. The molecule has 1 aromatic carbocycles. The molecule has 1 rings (SSSR count). The summed E-state index contributed by atoms with van der Waals surface area (Å²) in [6.07, 6.45) is 0. The molecule has 144 valence electrons. The average Bonchev–Trinajstić information content (AvgIpc) is 2.48. The summed E-state index contributed by atoms with van der Waals surface area (Å²) >= 11 is 0. The first kappa shape index (κ1) is 21.1. The summed E-state index contributed by atoms with van der Waals surface area (Å²) in [5.74, 6) is -1.10. The van der Waals surface area contributed by atoms with Crippen molar-refractivity contribution in [1.82, 2.24) is 10.2 Å². The number of non-ortho nitro benzene ring substituents is 1. The number of halogens is 5. The van der Waals surface area contributed by atoms with E-state index in [1.165, 1.54) is 0 Å². The van der Waals surface area contributed by atoms with Crippen molar-refractivity contribution in [1.29, 1.82) is 0 Å². The highest BCUT2D eigenvalue weighted by Gasteiger charge is 2.66. The Labute approximate surface area is 140 Å². The summed E-state index contributed by atoms with van der Waals surface area (Å²) in [6.45, 7) is 5.53. The van der Waals surface area contributed by atoms with Crippen LogP contribution in [0.5, 0.6) is 0 Å². The fraction of sp³-hybridized carbons (Fsp3) is 0.462. The molecule has 25 heavy (non-hydrogen) atoms. The molecule has 0 aliphatic heterocycles. The van der Waals surface area contributed by atoms with Crippen molar-refractivity contribution in [2.75, 3.05) is 26.2 Å². The van der Waals surface area contributed by atoms with Gasteiger partial charge in [0, 0.05) is 30.8 Å². The summed E-state index contributed by atoms with van der Waals surface area (Å²) < 4.78 is 64.6. The molecular weight excluding hydrogens is 373 g/mol. The van der Waals surface area contributed by atoms with Gasteiger partial charge in [0.1, 0.15) is 4.90 Å². The van der Waals surface area contributed by atoms with E-state index >= 15 is 0 Å². The topological polar surface area (TPSA) is 75.5 Å². The largest absolute Gasteiger partial charge is 0.351 e. The predicted molar refractivity (Wildman–Crippen MR) is 84.6 cm³/mol. The summed E-state index contributed by atoms with van der Waals surface area (Å²) in [6, 6.07) is 0.190. The van der Waals surface area contributed by atoms with E-state index < -0.39 is 37.2 Å². The summed E-state index contributed by atoms with van der Waals surface area (Å²) in [7, 11) is -10.2. The van der Waals surface area contributed by atoms with Gasteiger partial charge in [0.15, 0.2) is 0 Å². The molecule has 0 saturated carbocycles. The van der Waals surface area contributed by atoms with Crippen LogP contribution in [0.4, 0.5) is 25.1 Å². The number of hydrogen-bond acceptors (Lipinski definition) is 4. The van der Waals surface area contributed by atoms with Gasteiger partial charge in [-0.2, -0.15) is 0 Å². The third-order valence-electron chi connectivity index (χ3n) is 3.42. The fourth-order valence-corrected chi connectivity index (χ4v) is 2.71. The third kappa shape index (κ3) is 6.12. The van der Waals surface area contributed by atoms with E-state index in [-0.39, 0.29) is 18.7 Å². The molecule has 0 aromatic heterocycles. The van der Waals surface area contributed by atoms with E-state index in [9.17, 15) is 34.3 Å². The van der Waals surface area contributed by atoms with E-state index in [0.717, 1.165) is 0 Å². The predicted octanol–water partition coefficient (Wildman–Crippen LogP) is 4.32. The molecule has 0 saturated heterocycles. The quantitative estimate of drug-likeness (QED) is 0.407. The van der Waals surface area contributed by atoms with Crippen LogP contribution < -0.4 is 5.32 Å². The molecule has 0 radical (unpaired) electrons. The lowest BCUT2D eigenvalue weighted by Crippen LogP contribution is -2.34. The molecule has 0 heterocycles. The number of nitrogens with zero attached hydrogens (tertiary/aromatic N) is 2. The van der Waals surface area contributed by atoms with Crippen molar-refractivity contribution in [3.63, 3.8) is 0 Å². The molecule has 0 unspecified atom stereocenters. The van der Waals surface area contributed by atoms with Crippen LogP contribution in [0.3, 0.4) is 0 Å². The molecule has 0 atom stereocenters. The maximum atomic E-state index is 12.9. The van der Waals surface area contributed by atoms with Gasteiger partial charge in [0.25, 0.3) is 11.6 Å². The molecule has 0 aliphatic carbocycles. The van der Waals surface area contributed by atoms with E-state index in [0.29, 0.717) is 25.7 Å². The number of likely N-dealkylation sites (N-methyl/N-ethyl adjacent to an activating group) is 1. The number of carbonyl (C=O) groups is 1. The summed E-state index contributed by atoms with van der Waals surface area (Å²) in [5.41, 5.74) is -2.09. The van der Waals surface area contributed by atoms with Crippen molar-refractivity contribution < 1.29 is 29.1 Å². The first-order chi connectivity index (χ1) is 11.2. The number of amides is 1. The molecule has 1 N–H and O–H groups in total. The number of benzene rings is 1. The molecule has 0 aliphatic rings. The number of rotatable bonds is 8. The maximum absolute atomic E-state index is 12.9. The van der Waals surface area contributed by atoms with Gasteiger partial charge in [0.05, 0.1) is 4.92 Å². The van der Waals surface area contributed by atoms with Crippen molar-refractivity contribution in [2.24, 2.45) is 0 Å². The number of hydrogen-bond donors (Lipinski definition) is 1. The van der Waals surface area contributed by atoms with Crippen LogP contribution in [0.15, 0.2) is 23.1 Å². The molecule has 0 spiro atoms. The lowest BCUT2D eigenvalue weighted by atomic mass is 10.2. The summed E-state index contributed by atoms with van der Waals surface area (Å²) in [5, 5.41) is 13.0. The third-order valence-corrected chi connectivity index (χ3v) is 4.54. The Hall–Kier alpha value is -1.95. The normalized spacial score (nSPS) is 14.7. The first-order valence-electron chi connectivity index (χ1n) is 7.22. The monoisotopic (exact) mass is 391 g/mol. The Balaban J connectivity index is 3.13. The van der Waals surface area contributed by atoms with E-state index in [2.05, 4.69) is 5.32 Å². The van der Waals surface area contributed by atoms with Crippen molar-refractivity contribution >= 4 is 21.8 Å². The molecular formula is C13H18F5N3O3S.